The molecule has 1 aliphatic carbocycles. The smallest absolute Gasteiger partial charge is 0.305 e. The molecule has 20 heavy (non-hydrogen) atoms. The van der Waals surface area contributed by atoms with Crippen molar-refractivity contribution < 1.29 is 18.0 Å². The highest BCUT2D eigenvalue weighted by Crippen LogP contribution is 2.28. The van der Waals surface area contributed by atoms with E-state index in [1.54, 1.807) is 0 Å². The van der Waals surface area contributed by atoms with E-state index in [9.17, 15) is 18.0 Å². The van der Waals surface area contributed by atoms with Crippen LogP contribution in [0.25, 0.3) is 0 Å². The highest BCUT2D eigenvalue weighted by molar-refractivity contribution is 5.90. The first-order valence-electron chi connectivity index (χ1n) is 6.24. The molecule has 4 nitrogen and oxygen atoms in total. The molecular formula is C13H14F3N3O. The Labute approximate surface area is 114 Å². The van der Waals surface area contributed by atoms with Crippen molar-refractivity contribution in [3.8, 4) is 0 Å². The molecule has 1 aliphatic rings. The Balaban J connectivity index is 2.02. The molecule has 2 N–H and O–H groups in total. The number of hydrogen-bond donors (Lipinski definition) is 2. The van der Waals surface area contributed by atoms with Gasteiger partial charge in [0.05, 0.1) is 5.69 Å². The van der Waals surface area contributed by atoms with E-state index in [1.807, 2.05) is 0 Å². The summed E-state index contributed by atoms with van der Waals surface area (Å²) in [7, 11) is 0. The predicted octanol–water partition coefficient (Wildman–Crippen LogP) is 3.04. The van der Waals surface area contributed by atoms with Crippen LogP contribution in [-0.2, 0) is 11.0 Å². The van der Waals surface area contributed by atoms with Crippen molar-refractivity contribution in [1.82, 2.24) is 10.4 Å². The molecule has 0 fully saturated rings. The Morgan fingerprint density at radius 2 is 1.90 bits per heavy atom. The lowest BCUT2D eigenvalue weighted by Gasteiger charge is -2.13. The SMILES string of the molecule is O=C1C=C(NNc2ccnc(C(F)(F)F)c2)CCCC1. The number of carbonyl (C=O) groups excluding carboxylic acids is 1. The summed E-state index contributed by atoms with van der Waals surface area (Å²) < 4.78 is 37.5. The number of nitrogens with zero attached hydrogens (tertiary/aromatic N) is 1. The van der Waals surface area contributed by atoms with Gasteiger partial charge < -0.3 is 10.9 Å². The Kier molecular flexibility index (Phi) is 4.26. The lowest BCUT2D eigenvalue weighted by molar-refractivity contribution is -0.141. The number of carbonyl (C=O) groups is 1. The first-order valence-corrected chi connectivity index (χ1v) is 6.24. The zero-order chi connectivity index (χ0) is 14.6. The minimum atomic E-state index is -4.48. The molecule has 1 aromatic heterocycles. The van der Waals surface area contributed by atoms with Gasteiger partial charge in [-0.2, -0.15) is 13.2 Å². The fraction of sp³-hybridized carbons (Fsp3) is 0.385. The second-order valence-electron chi connectivity index (χ2n) is 4.52. The maximum Gasteiger partial charge on any atom is 0.433 e. The first-order chi connectivity index (χ1) is 9.45. The molecule has 0 atom stereocenters. The number of halogens is 3. The molecule has 0 aliphatic heterocycles. The number of anilines is 1. The molecule has 108 valence electrons. The maximum absolute atomic E-state index is 12.5. The normalized spacial score (nSPS) is 16.4. The van der Waals surface area contributed by atoms with Gasteiger partial charge >= 0.3 is 6.18 Å². The van der Waals surface area contributed by atoms with Gasteiger partial charge in [-0.15, -0.1) is 0 Å². The summed E-state index contributed by atoms with van der Waals surface area (Å²) >= 11 is 0. The summed E-state index contributed by atoms with van der Waals surface area (Å²) in [5, 5.41) is 0. The van der Waals surface area contributed by atoms with Gasteiger partial charge in [0.1, 0.15) is 5.69 Å². The zero-order valence-corrected chi connectivity index (χ0v) is 10.6. The number of nitrogens with one attached hydrogen (secondary N) is 2. The van der Waals surface area contributed by atoms with Crippen LogP contribution in [-0.4, -0.2) is 10.8 Å². The van der Waals surface area contributed by atoms with E-state index < -0.39 is 11.9 Å². The van der Waals surface area contributed by atoms with Crippen molar-refractivity contribution in [2.45, 2.75) is 31.9 Å². The molecule has 0 saturated carbocycles. The molecule has 0 aromatic carbocycles. The second-order valence-corrected chi connectivity index (χ2v) is 4.52. The van der Waals surface area contributed by atoms with Gasteiger partial charge in [-0.05, 0) is 31.4 Å². The third kappa shape index (κ3) is 3.97. The predicted molar refractivity (Wildman–Crippen MR) is 67.6 cm³/mol. The third-order valence-electron chi connectivity index (χ3n) is 2.87. The topological polar surface area (TPSA) is 54.0 Å². The number of hydrogen-bond acceptors (Lipinski definition) is 4. The summed E-state index contributed by atoms with van der Waals surface area (Å²) in [4.78, 5) is 14.7. The Hall–Kier alpha value is -2.05. The largest absolute Gasteiger partial charge is 0.433 e. The Morgan fingerprint density at radius 1 is 1.15 bits per heavy atom. The number of pyridine rings is 1. The van der Waals surface area contributed by atoms with Crippen molar-refractivity contribution >= 4 is 11.5 Å². The van der Waals surface area contributed by atoms with E-state index >= 15 is 0 Å². The van der Waals surface area contributed by atoms with Crippen molar-refractivity contribution in [3.63, 3.8) is 0 Å². The number of aromatic nitrogens is 1. The van der Waals surface area contributed by atoms with E-state index in [1.165, 1.54) is 12.1 Å². The van der Waals surface area contributed by atoms with Crippen LogP contribution >= 0.6 is 0 Å². The average Bonchev–Trinajstić information content (AvgIpc) is 2.60. The van der Waals surface area contributed by atoms with Crippen LogP contribution in [0.2, 0.25) is 0 Å². The summed E-state index contributed by atoms with van der Waals surface area (Å²) in [6, 6.07) is 2.33. The molecular weight excluding hydrogens is 271 g/mol. The summed E-state index contributed by atoms with van der Waals surface area (Å²) in [6.07, 6.45) is 1.000. The van der Waals surface area contributed by atoms with Gasteiger partial charge in [0.25, 0.3) is 0 Å². The Morgan fingerprint density at radius 3 is 2.65 bits per heavy atom. The van der Waals surface area contributed by atoms with Crippen LogP contribution in [0.5, 0.6) is 0 Å². The van der Waals surface area contributed by atoms with Gasteiger partial charge in [-0.1, -0.05) is 0 Å². The molecule has 0 bridgehead atoms. The van der Waals surface area contributed by atoms with E-state index in [0.29, 0.717) is 18.5 Å². The molecule has 0 amide bonds. The fourth-order valence-corrected chi connectivity index (χ4v) is 1.87. The van der Waals surface area contributed by atoms with Crippen molar-refractivity contribution in [2.24, 2.45) is 0 Å². The van der Waals surface area contributed by atoms with Crippen LogP contribution < -0.4 is 10.9 Å². The van der Waals surface area contributed by atoms with Gasteiger partial charge in [-0.3, -0.25) is 9.78 Å². The number of rotatable bonds is 3. The number of hydrazine groups is 1. The molecule has 2 rings (SSSR count). The van der Waals surface area contributed by atoms with E-state index in [2.05, 4.69) is 15.8 Å². The average molecular weight is 285 g/mol. The quantitative estimate of drug-likeness (QED) is 0.838. The highest BCUT2D eigenvalue weighted by atomic mass is 19.4. The minimum absolute atomic E-state index is 0.0255. The van der Waals surface area contributed by atoms with Crippen LogP contribution in [0, 0.1) is 0 Å². The third-order valence-corrected chi connectivity index (χ3v) is 2.87. The molecule has 7 heteroatoms. The van der Waals surface area contributed by atoms with Crippen molar-refractivity contribution in [3.05, 3.63) is 35.8 Å². The van der Waals surface area contributed by atoms with Crippen molar-refractivity contribution in [1.29, 1.82) is 0 Å². The van der Waals surface area contributed by atoms with Gasteiger partial charge in [-0.25, -0.2) is 0 Å². The van der Waals surface area contributed by atoms with Gasteiger partial charge in [0.15, 0.2) is 5.78 Å². The minimum Gasteiger partial charge on any atom is -0.305 e. The van der Waals surface area contributed by atoms with Crippen LogP contribution in [0.15, 0.2) is 30.1 Å². The number of alkyl halides is 3. The van der Waals surface area contributed by atoms with Gasteiger partial charge in [0, 0.05) is 24.4 Å². The van der Waals surface area contributed by atoms with Crippen LogP contribution in [0.4, 0.5) is 18.9 Å². The van der Waals surface area contributed by atoms with E-state index in [4.69, 9.17) is 0 Å². The molecule has 0 saturated heterocycles. The Bertz CT molecular complexity index is 526. The molecule has 1 aromatic rings. The molecule has 0 unspecified atom stereocenters. The standard InChI is InChI=1S/C13H14F3N3O/c14-13(15,16)12-8-10(5-6-17-12)19-18-9-3-1-2-4-11(20)7-9/h5-8,18H,1-4H2,(H,17,19). The molecule has 0 radical (unpaired) electrons. The van der Waals surface area contributed by atoms with E-state index in [-0.39, 0.29) is 11.5 Å². The van der Waals surface area contributed by atoms with Gasteiger partial charge in [0.2, 0.25) is 0 Å². The maximum atomic E-state index is 12.5. The lowest BCUT2D eigenvalue weighted by Crippen LogP contribution is -2.22. The summed E-state index contributed by atoms with van der Waals surface area (Å²) in [5.41, 5.74) is 5.40. The number of ketones is 1. The summed E-state index contributed by atoms with van der Waals surface area (Å²) in [6.45, 7) is 0. The lowest BCUT2D eigenvalue weighted by atomic mass is 10.2. The fourth-order valence-electron chi connectivity index (χ4n) is 1.87. The second kappa shape index (κ2) is 5.94. The first kappa shape index (κ1) is 14.4. The van der Waals surface area contributed by atoms with E-state index in [0.717, 1.165) is 25.1 Å². The van der Waals surface area contributed by atoms with Crippen LogP contribution in [0.1, 0.15) is 31.4 Å². The number of allylic oxidation sites excluding steroid dienone is 2. The van der Waals surface area contributed by atoms with Crippen LogP contribution in [0.3, 0.4) is 0 Å². The monoisotopic (exact) mass is 285 g/mol. The zero-order valence-electron chi connectivity index (χ0n) is 10.6. The molecule has 0 spiro atoms. The summed E-state index contributed by atoms with van der Waals surface area (Å²) in [5.74, 6) is 0.0255. The highest BCUT2D eigenvalue weighted by Gasteiger charge is 2.32. The molecule has 1 heterocycles. The van der Waals surface area contributed by atoms with Crippen molar-refractivity contribution in [2.75, 3.05) is 5.43 Å².